The van der Waals surface area contributed by atoms with Gasteiger partial charge in [0.05, 0.1) is 0 Å². The third kappa shape index (κ3) is 6.16. The van der Waals surface area contributed by atoms with Crippen LogP contribution in [0, 0.1) is 29.6 Å². The summed E-state index contributed by atoms with van der Waals surface area (Å²) in [7, 11) is 0. The van der Waals surface area contributed by atoms with E-state index in [1.165, 1.54) is 63.0 Å². The fraction of sp³-hybridized carbons (Fsp3) is 0.147. The van der Waals surface area contributed by atoms with Gasteiger partial charge in [-0.05, 0) is 69.0 Å². The van der Waals surface area contributed by atoms with E-state index in [0.29, 0.717) is 0 Å². The van der Waals surface area contributed by atoms with Gasteiger partial charge >= 0.3 is 0 Å². The van der Waals surface area contributed by atoms with Gasteiger partial charge in [0.25, 0.3) is 0 Å². The summed E-state index contributed by atoms with van der Waals surface area (Å²) >= 11 is 0. The standard InChI is InChI=1S/C24H18.C10H15.Fe/c1-4-10-19(11-5-1)22-16-17-23(20-12-6-2-7-13-20)24(18-22)21-14-8-3-9-15-21;1-6-7(2)9(4)10(5)8(6)3;/h1-18H;1-5H3;. The van der Waals surface area contributed by atoms with Gasteiger partial charge in [-0.25, -0.2) is 0 Å². The topological polar surface area (TPSA) is 0 Å². The zero-order valence-electron chi connectivity index (χ0n) is 21.2. The van der Waals surface area contributed by atoms with Crippen molar-refractivity contribution in [2.75, 3.05) is 0 Å². The number of hydrogen-bond donors (Lipinski definition) is 0. The Labute approximate surface area is 223 Å². The Bertz CT molecular complexity index is 1120. The molecule has 0 heterocycles. The van der Waals surface area contributed by atoms with E-state index in [4.69, 9.17) is 0 Å². The van der Waals surface area contributed by atoms with Gasteiger partial charge in [0, 0.05) is 17.1 Å². The summed E-state index contributed by atoms with van der Waals surface area (Å²) in [5.74, 6) is 7.34. The number of hydrogen-bond acceptors (Lipinski definition) is 0. The monoisotopic (exact) mass is 497 g/mol. The zero-order chi connectivity index (χ0) is 24.1. The summed E-state index contributed by atoms with van der Waals surface area (Å²) in [5, 5.41) is 0. The SMILES string of the molecule is C[C]1[C](C)[C](C)[C](C)[C]1C.[Fe].c1ccc(-c2ccc(-c3ccccc3)c(-c3ccccc3)c2)cc1. The molecule has 0 unspecified atom stereocenters. The molecular formula is C34H33Fe. The van der Waals surface area contributed by atoms with Crippen molar-refractivity contribution in [3.8, 4) is 33.4 Å². The van der Waals surface area contributed by atoms with Crippen LogP contribution in [0.3, 0.4) is 0 Å². The molecular weight excluding hydrogens is 464 g/mol. The van der Waals surface area contributed by atoms with E-state index in [-0.39, 0.29) is 17.1 Å². The van der Waals surface area contributed by atoms with E-state index in [1.54, 1.807) is 0 Å². The molecule has 4 aromatic carbocycles. The average molecular weight is 497 g/mol. The average Bonchev–Trinajstić information content (AvgIpc) is 3.07. The molecule has 0 aromatic heterocycles. The van der Waals surface area contributed by atoms with Crippen LogP contribution in [0.4, 0.5) is 0 Å². The summed E-state index contributed by atoms with van der Waals surface area (Å²) < 4.78 is 0. The van der Waals surface area contributed by atoms with Crippen molar-refractivity contribution in [3.63, 3.8) is 0 Å². The van der Waals surface area contributed by atoms with Gasteiger partial charge in [-0.3, -0.25) is 0 Å². The van der Waals surface area contributed by atoms with E-state index in [2.05, 4.69) is 144 Å². The molecule has 0 saturated heterocycles. The van der Waals surface area contributed by atoms with E-state index >= 15 is 0 Å². The Morgan fingerprint density at radius 1 is 0.314 bits per heavy atom. The predicted molar refractivity (Wildman–Crippen MR) is 147 cm³/mol. The van der Waals surface area contributed by atoms with Gasteiger partial charge < -0.3 is 0 Å². The number of benzene rings is 4. The van der Waals surface area contributed by atoms with Crippen molar-refractivity contribution in [1.82, 2.24) is 0 Å². The van der Waals surface area contributed by atoms with Crippen molar-refractivity contribution in [2.24, 2.45) is 0 Å². The van der Waals surface area contributed by atoms with Gasteiger partial charge in [-0.15, -0.1) is 0 Å². The first-order valence-corrected chi connectivity index (χ1v) is 12.0. The maximum absolute atomic E-state index is 2.30. The van der Waals surface area contributed by atoms with Gasteiger partial charge in [-0.1, -0.05) is 138 Å². The van der Waals surface area contributed by atoms with E-state index in [9.17, 15) is 0 Å². The van der Waals surface area contributed by atoms with E-state index in [0.717, 1.165) is 0 Å². The first-order chi connectivity index (χ1) is 16.5. The molecule has 0 aliphatic heterocycles. The Morgan fingerprint density at radius 2 is 0.657 bits per heavy atom. The normalized spacial score (nSPS) is 15.3. The molecule has 0 spiro atoms. The van der Waals surface area contributed by atoms with Crippen molar-refractivity contribution in [1.29, 1.82) is 0 Å². The Morgan fingerprint density at radius 3 is 1.06 bits per heavy atom. The van der Waals surface area contributed by atoms with Crippen LogP contribution < -0.4 is 0 Å². The second kappa shape index (κ2) is 12.4. The van der Waals surface area contributed by atoms with Gasteiger partial charge in [-0.2, -0.15) is 0 Å². The van der Waals surface area contributed by atoms with Crippen molar-refractivity contribution >= 4 is 0 Å². The third-order valence-corrected chi connectivity index (χ3v) is 7.11. The fourth-order valence-corrected chi connectivity index (χ4v) is 4.49. The minimum atomic E-state index is 0. The maximum atomic E-state index is 2.30. The minimum absolute atomic E-state index is 0. The molecule has 0 amide bonds. The molecule has 0 atom stereocenters. The first-order valence-electron chi connectivity index (χ1n) is 12.0. The Kier molecular flexibility index (Phi) is 9.55. The summed E-state index contributed by atoms with van der Waals surface area (Å²) in [6.07, 6.45) is 0. The molecule has 5 rings (SSSR count). The van der Waals surface area contributed by atoms with Crippen molar-refractivity contribution < 1.29 is 17.1 Å². The van der Waals surface area contributed by atoms with E-state index < -0.39 is 0 Å². The first kappa shape index (κ1) is 27.0. The summed E-state index contributed by atoms with van der Waals surface area (Å²) in [5.41, 5.74) is 7.51. The molecule has 35 heavy (non-hydrogen) atoms. The molecule has 5 radical (unpaired) electrons. The van der Waals surface area contributed by atoms with Crippen LogP contribution >= 0.6 is 0 Å². The zero-order valence-corrected chi connectivity index (χ0v) is 22.4. The molecule has 4 aromatic rings. The molecule has 1 fully saturated rings. The van der Waals surface area contributed by atoms with Crippen molar-refractivity contribution in [3.05, 3.63) is 139 Å². The second-order valence-corrected chi connectivity index (χ2v) is 8.98. The van der Waals surface area contributed by atoms with E-state index in [1.807, 2.05) is 0 Å². The smallest absolute Gasteiger partial charge is 0 e. The van der Waals surface area contributed by atoms with Crippen LogP contribution in [-0.4, -0.2) is 0 Å². The quantitative estimate of drug-likeness (QED) is 0.247. The maximum Gasteiger partial charge on any atom is 0 e. The molecule has 1 aliphatic rings. The molecule has 177 valence electrons. The molecule has 0 nitrogen and oxygen atoms in total. The van der Waals surface area contributed by atoms with Gasteiger partial charge in [0.2, 0.25) is 0 Å². The molecule has 0 bridgehead atoms. The van der Waals surface area contributed by atoms with Crippen LogP contribution in [0.5, 0.6) is 0 Å². The van der Waals surface area contributed by atoms with Crippen LogP contribution in [0.2, 0.25) is 0 Å². The van der Waals surface area contributed by atoms with Crippen LogP contribution in [0.25, 0.3) is 33.4 Å². The minimum Gasteiger partial charge on any atom is -0.0622 e. The molecule has 1 heteroatoms. The summed E-state index contributed by atoms with van der Waals surface area (Å²) in [4.78, 5) is 0. The largest absolute Gasteiger partial charge is 0.0622 e. The van der Waals surface area contributed by atoms with Gasteiger partial charge in [0.1, 0.15) is 0 Å². The fourth-order valence-electron chi connectivity index (χ4n) is 4.49. The summed E-state index contributed by atoms with van der Waals surface area (Å²) in [6, 6.07) is 38.5. The summed E-state index contributed by atoms with van der Waals surface area (Å²) in [6.45, 7) is 11.0. The Balaban J connectivity index is 0.000000264. The molecule has 0 N–H and O–H groups in total. The predicted octanol–water partition coefficient (Wildman–Crippen LogP) is 9.66. The van der Waals surface area contributed by atoms with Crippen LogP contribution in [0.15, 0.2) is 109 Å². The molecule has 1 saturated carbocycles. The second-order valence-electron chi connectivity index (χ2n) is 8.98. The number of rotatable bonds is 3. The van der Waals surface area contributed by atoms with Crippen LogP contribution in [-0.2, 0) is 17.1 Å². The third-order valence-electron chi connectivity index (χ3n) is 7.11. The van der Waals surface area contributed by atoms with Crippen molar-refractivity contribution in [2.45, 2.75) is 34.6 Å². The molecule has 1 aliphatic carbocycles. The Hall–Kier alpha value is -2.60. The van der Waals surface area contributed by atoms with Gasteiger partial charge in [0.15, 0.2) is 0 Å². The van der Waals surface area contributed by atoms with Crippen LogP contribution in [0.1, 0.15) is 34.6 Å².